The van der Waals surface area contributed by atoms with E-state index in [2.05, 4.69) is 0 Å². The van der Waals surface area contributed by atoms with E-state index < -0.39 is 33.9 Å². The Labute approximate surface area is 137 Å². The first kappa shape index (κ1) is 17.9. The molecule has 0 N–H and O–H groups in total. The third-order valence-electron chi connectivity index (χ3n) is 3.28. The highest BCUT2D eigenvalue weighted by Gasteiger charge is 2.73. The van der Waals surface area contributed by atoms with Crippen molar-refractivity contribution in [2.24, 2.45) is 0 Å². The largest absolute Gasteiger partial charge is 0.457 e. The van der Waals surface area contributed by atoms with E-state index in [1.54, 1.807) is 0 Å². The van der Waals surface area contributed by atoms with Gasteiger partial charge in [0.1, 0.15) is 0 Å². The van der Waals surface area contributed by atoms with Gasteiger partial charge in [-0.25, -0.2) is 4.39 Å². The summed E-state index contributed by atoms with van der Waals surface area (Å²) in [5, 5.41) is -1.04. The molecule has 0 bridgehead atoms. The average Bonchev–Trinajstić information content (AvgIpc) is 2.49. The van der Waals surface area contributed by atoms with Crippen molar-refractivity contribution in [3.05, 3.63) is 69.7 Å². The van der Waals surface area contributed by atoms with Crippen molar-refractivity contribution in [3.8, 4) is 0 Å². The van der Waals surface area contributed by atoms with E-state index in [1.165, 1.54) is 6.07 Å². The number of hydrogen-bond acceptors (Lipinski definition) is 0. The van der Waals surface area contributed by atoms with Gasteiger partial charge in [-0.15, -0.1) is 0 Å². The maximum atomic E-state index is 15.4. The molecule has 23 heavy (non-hydrogen) atoms. The summed E-state index contributed by atoms with van der Waals surface area (Å²) in [6.07, 6.45) is -6.14. The minimum Gasteiger partial charge on any atom is -0.226 e. The van der Waals surface area contributed by atoms with E-state index in [0.717, 1.165) is 42.5 Å². The minimum absolute atomic E-state index is 0.333. The summed E-state index contributed by atoms with van der Waals surface area (Å²) >= 11 is 11.4. The Kier molecular flexibility index (Phi) is 4.61. The van der Waals surface area contributed by atoms with E-state index in [0.29, 0.717) is 0 Å². The van der Waals surface area contributed by atoms with Gasteiger partial charge >= 0.3 is 12.1 Å². The molecule has 0 spiro atoms. The zero-order chi connectivity index (χ0) is 17.5. The Balaban J connectivity index is 2.84. The van der Waals surface area contributed by atoms with Gasteiger partial charge in [-0.05, 0) is 6.07 Å². The molecule has 2 rings (SSSR count). The van der Waals surface area contributed by atoms with E-state index >= 15 is 4.39 Å². The quantitative estimate of drug-likeness (QED) is 0.546. The van der Waals surface area contributed by atoms with E-state index in [4.69, 9.17) is 23.2 Å². The molecule has 1 atom stereocenters. The third-order valence-corrected chi connectivity index (χ3v) is 4.10. The normalized spacial score (nSPS) is 15.3. The molecule has 0 aliphatic carbocycles. The highest BCUT2D eigenvalue weighted by atomic mass is 35.5. The lowest BCUT2D eigenvalue weighted by molar-refractivity contribution is -0.323. The molecule has 124 valence electrons. The topological polar surface area (TPSA) is 0 Å². The minimum atomic E-state index is -6.14. The molecule has 0 saturated carbocycles. The number of halogens is 8. The lowest BCUT2D eigenvalue weighted by atomic mass is 9.82. The molecule has 2 aromatic rings. The fraction of sp³-hybridized carbons (Fsp3) is 0.200. The predicted molar refractivity (Wildman–Crippen MR) is 75.8 cm³/mol. The third kappa shape index (κ3) is 2.78. The van der Waals surface area contributed by atoms with Crippen LogP contribution in [-0.4, -0.2) is 12.1 Å². The van der Waals surface area contributed by atoms with Crippen LogP contribution in [0.3, 0.4) is 0 Å². The Morgan fingerprint density at radius 1 is 0.696 bits per heavy atom. The number of alkyl halides is 6. The lowest BCUT2D eigenvalue weighted by Crippen LogP contribution is -2.53. The second-order valence-electron chi connectivity index (χ2n) is 4.70. The first-order valence-corrected chi connectivity index (χ1v) is 6.92. The summed E-state index contributed by atoms with van der Waals surface area (Å²) in [6.45, 7) is 0. The van der Waals surface area contributed by atoms with E-state index in [-0.39, 0.29) is 5.02 Å². The molecule has 2 aromatic carbocycles. The van der Waals surface area contributed by atoms with Gasteiger partial charge in [0.15, 0.2) is 0 Å². The SMILES string of the molecule is FC(F)(F)C(F)(F)C(F)(c1ccccc1)c1cccc(Cl)c1Cl. The van der Waals surface area contributed by atoms with Gasteiger partial charge in [0.05, 0.1) is 10.0 Å². The van der Waals surface area contributed by atoms with Crippen molar-refractivity contribution in [3.63, 3.8) is 0 Å². The summed E-state index contributed by atoms with van der Waals surface area (Å²) in [7, 11) is 0. The van der Waals surface area contributed by atoms with Gasteiger partial charge in [-0.3, -0.25) is 0 Å². The van der Waals surface area contributed by atoms with Crippen molar-refractivity contribution < 1.29 is 26.3 Å². The van der Waals surface area contributed by atoms with Gasteiger partial charge in [0.2, 0.25) is 5.67 Å². The fourth-order valence-electron chi connectivity index (χ4n) is 2.14. The predicted octanol–water partition coefficient (Wildman–Crippen LogP) is 6.40. The Morgan fingerprint density at radius 2 is 1.26 bits per heavy atom. The molecule has 1 unspecified atom stereocenters. The summed E-state index contributed by atoms with van der Waals surface area (Å²) in [5.41, 5.74) is -6.17. The van der Waals surface area contributed by atoms with Crippen molar-refractivity contribution in [2.45, 2.75) is 17.8 Å². The molecule has 0 aromatic heterocycles. The highest BCUT2D eigenvalue weighted by molar-refractivity contribution is 6.42. The maximum Gasteiger partial charge on any atom is 0.457 e. The zero-order valence-electron chi connectivity index (χ0n) is 11.1. The monoisotopic (exact) mass is 372 g/mol. The van der Waals surface area contributed by atoms with Crippen LogP contribution < -0.4 is 0 Å². The van der Waals surface area contributed by atoms with Crippen molar-refractivity contribution in [1.29, 1.82) is 0 Å². The molecule has 0 heterocycles. The Morgan fingerprint density at radius 3 is 1.78 bits per heavy atom. The molecule has 0 aliphatic rings. The first-order valence-electron chi connectivity index (χ1n) is 6.17. The molecule has 0 amide bonds. The van der Waals surface area contributed by atoms with Crippen LogP contribution in [0.1, 0.15) is 11.1 Å². The van der Waals surface area contributed by atoms with Gasteiger partial charge in [-0.2, -0.15) is 22.0 Å². The van der Waals surface area contributed by atoms with Crippen molar-refractivity contribution >= 4 is 23.2 Å². The molecular weight excluding hydrogens is 365 g/mol. The summed E-state index contributed by atoms with van der Waals surface area (Å²) in [4.78, 5) is 0. The Hall–Kier alpha value is -1.40. The summed E-state index contributed by atoms with van der Waals surface area (Å²) < 4.78 is 82.1. The standard InChI is InChI=1S/C15H8Cl2F6/c16-11-8-4-7-10(12(11)17)13(18,9-5-2-1-3-6-9)14(19,20)15(21,22)23/h1-8H. The molecule has 0 radical (unpaired) electrons. The van der Waals surface area contributed by atoms with Crippen LogP contribution in [0.2, 0.25) is 10.0 Å². The zero-order valence-corrected chi connectivity index (χ0v) is 12.7. The van der Waals surface area contributed by atoms with Crippen LogP contribution in [0, 0.1) is 0 Å². The average molecular weight is 373 g/mol. The van der Waals surface area contributed by atoms with Crippen molar-refractivity contribution in [2.75, 3.05) is 0 Å². The molecular formula is C15H8Cl2F6. The van der Waals surface area contributed by atoms with Crippen LogP contribution in [0.15, 0.2) is 48.5 Å². The first-order chi connectivity index (χ1) is 10.5. The lowest BCUT2D eigenvalue weighted by Gasteiger charge is -2.36. The van der Waals surface area contributed by atoms with Gasteiger partial charge in [0.25, 0.3) is 0 Å². The smallest absolute Gasteiger partial charge is 0.226 e. The molecule has 0 aliphatic heterocycles. The van der Waals surface area contributed by atoms with Gasteiger partial charge in [0, 0.05) is 11.1 Å². The summed E-state index contributed by atoms with van der Waals surface area (Å²) in [6, 6.07) is 8.27. The number of benzene rings is 2. The molecule has 0 fully saturated rings. The highest BCUT2D eigenvalue weighted by Crippen LogP contribution is 2.56. The molecule has 8 heteroatoms. The van der Waals surface area contributed by atoms with Crippen molar-refractivity contribution in [1.82, 2.24) is 0 Å². The Bertz CT molecular complexity index is 699. The van der Waals surface area contributed by atoms with Crippen LogP contribution in [0.5, 0.6) is 0 Å². The van der Waals surface area contributed by atoms with E-state index in [9.17, 15) is 22.0 Å². The maximum absolute atomic E-state index is 15.4. The van der Waals surface area contributed by atoms with E-state index in [1.807, 2.05) is 0 Å². The van der Waals surface area contributed by atoms with Crippen LogP contribution in [-0.2, 0) is 5.67 Å². The van der Waals surface area contributed by atoms with Gasteiger partial charge < -0.3 is 0 Å². The van der Waals surface area contributed by atoms with Crippen LogP contribution >= 0.6 is 23.2 Å². The number of hydrogen-bond donors (Lipinski definition) is 0. The molecule has 0 nitrogen and oxygen atoms in total. The van der Waals surface area contributed by atoms with Crippen LogP contribution in [0.4, 0.5) is 26.3 Å². The second-order valence-corrected chi connectivity index (χ2v) is 5.48. The van der Waals surface area contributed by atoms with Crippen LogP contribution in [0.25, 0.3) is 0 Å². The second kappa shape index (κ2) is 5.91. The number of rotatable bonds is 3. The summed E-state index contributed by atoms with van der Waals surface area (Å²) in [5.74, 6) is -5.73. The fourth-order valence-corrected chi connectivity index (χ4v) is 2.57. The van der Waals surface area contributed by atoms with Gasteiger partial charge in [-0.1, -0.05) is 65.7 Å². The molecule has 0 saturated heterocycles.